The van der Waals surface area contributed by atoms with Crippen molar-refractivity contribution in [2.45, 2.75) is 19.6 Å². The van der Waals surface area contributed by atoms with Crippen LogP contribution >= 0.6 is 0 Å². The zero-order valence-electron chi connectivity index (χ0n) is 15.2. The summed E-state index contributed by atoms with van der Waals surface area (Å²) in [5.74, 6) is -1.55. The van der Waals surface area contributed by atoms with Crippen molar-refractivity contribution in [1.29, 1.82) is 0 Å². The third kappa shape index (κ3) is 3.76. The molecule has 0 aromatic heterocycles. The summed E-state index contributed by atoms with van der Waals surface area (Å²) >= 11 is 0. The number of imide groups is 1. The molecule has 2 aromatic rings. The van der Waals surface area contributed by atoms with Gasteiger partial charge in [0.25, 0.3) is 11.8 Å². The Kier molecular flexibility index (Phi) is 4.97. The number of carbonyl (C=O) groups is 3. The van der Waals surface area contributed by atoms with Crippen LogP contribution in [-0.2, 0) is 17.5 Å². The first-order valence-corrected chi connectivity index (χ1v) is 8.45. The Morgan fingerprint density at radius 1 is 1.00 bits per heavy atom. The van der Waals surface area contributed by atoms with Gasteiger partial charge in [-0.05, 0) is 36.8 Å². The van der Waals surface area contributed by atoms with E-state index in [2.05, 4.69) is 0 Å². The number of halogens is 3. The number of hydrogen-bond acceptors (Lipinski definition) is 3. The molecule has 0 atom stereocenters. The molecule has 0 saturated heterocycles. The lowest BCUT2D eigenvalue weighted by atomic mass is 10.1. The molecule has 0 fully saturated rings. The van der Waals surface area contributed by atoms with E-state index >= 15 is 0 Å². The van der Waals surface area contributed by atoms with Crippen LogP contribution < -0.4 is 0 Å². The summed E-state index contributed by atoms with van der Waals surface area (Å²) in [5, 5.41) is 0. The van der Waals surface area contributed by atoms with E-state index in [0.717, 1.165) is 22.6 Å². The topological polar surface area (TPSA) is 57.7 Å². The summed E-state index contributed by atoms with van der Waals surface area (Å²) in [4.78, 5) is 39.4. The normalized spacial score (nSPS) is 13.7. The third-order valence-electron chi connectivity index (χ3n) is 4.55. The van der Waals surface area contributed by atoms with E-state index in [1.54, 1.807) is 25.1 Å². The number of aryl methyl sites for hydroxylation is 1. The number of alkyl halides is 3. The van der Waals surface area contributed by atoms with E-state index in [0.29, 0.717) is 5.56 Å². The molecule has 0 spiro atoms. The second kappa shape index (κ2) is 7.10. The van der Waals surface area contributed by atoms with Gasteiger partial charge >= 0.3 is 6.18 Å². The lowest BCUT2D eigenvalue weighted by Gasteiger charge is -2.21. The van der Waals surface area contributed by atoms with Crippen molar-refractivity contribution in [3.63, 3.8) is 0 Å². The van der Waals surface area contributed by atoms with Crippen LogP contribution in [0.4, 0.5) is 13.2 Å². The minimum atomic E-state index is -4.43. The van der Waals surface area contributed by atoms with Crippen molar-refractivity contribution in [3.05, 3.63) is 70.3 Å². The Labute approximate surface area is 159 Å². The summed E-state index contributed by atoms with van der Waals surface area (Å²) < 4.78 is 37.8. The Hall–Kier alpha value is -3.16. The van der Waals surface area contributed by atoms with Gasteiger partial charge in [0, 0.05) is 13.6 Å². The fourth-order valence-electron chi connectivity index (χ4n) is 2.97. The lowest BCUT2D eigenvalue weighted by molar-refractivity contribution is -0.137. The SMILES string of the molecule is Cc1ccc2c(c1)C(=O)N(CC(=O)N(C)Cc1ccc(C(F)(F)F)cc1)C2=O. The monoisotopic (exact) mass is 390 g/mol. The van der Waals surface area contributed by atoms with Gasteiger partial charge in [-0.3, -0.25) is 19.3 Å². The highest BCUT2D eigenvalue weighted by molar-refractivity contribution is 6.22. The number of amides is 3. The van der Waals surface area contributed by atoms with Crippen molar-refractivity contribution in [3.8, 4) is 0 Å². The summed E-state index contributed by atoms with van der Waals surface area (Å²) in [6, 6.07) is 9.34. The van der Waals surface area contributed by atoms with Gasteiger partial charge in [-0.15, -0.1) is 0 Å². The van der Waals surface area contributed by atoms with Gasteiger partial charge in [-0.25, -0.2) is 0 Å². The zero-order valence-corrected chi connectivity index (χ0v) is 15.2. The number of rotatable bonds is 4. The average Bonchev–Trinajstić information content (AvgIpc) is 2.85. The van der Waals surface area contributed by atoms with Crippen molar-refractivity contribution < 1.29 is 27.6 Å². The molecule has 0 bridgehead atoms. The van der Waals surface area contributed by atoms with E-state index in [1.165, 1.54) is 24.1 Å². The van der Waals surface area contributed by atoms with Crippen LogP contribution in [0, 0.1) is 6.92 Å². The minimum Gasteiger partial charge on any atom is -0.340 e. The zero-order chi connectivity index (χ0) is 20.6. The highest BCUT2D eigenvalue weighted by Gasteiger charge is 2.37. The highest BCUT2D eigenvalue weighted by Crippen LogP contribution is 2.29. The van der Waals surface area contributed by atoms with Crippen LogP contribution in [0.1, 0.15) is 37.4 Å². The van der Waals surface area contributed by atoms with Crippen molar-refractivity contribution in [1.82, 2.24) is 9.80 Å². The first-order valence-electron chi connectivity index (χ1n) is 8.45. The number of hydrogen-bond donors (Lipinski definition) is 0. The molecule has 3 rings (SSSR count). The van der Waals surface area contributed by atoms with Crippen LogP contribution in [0.5, 0.6) is 0 Å². The van der Waals surface area contributed by atoms with Crippen LogP contribution in [0.3, 0.4) is 0 Å². The van der Waals surface area contributed by atoms with E-state index in [4.69, 9.17) is 0 Å². The fraction of sp³-hybridized carbons (Fsp3) is 0.250. The van der Waals surface area contributed by atoms with Crippen molar-refractivity contribution in [2.75, 3.05) is 13.6 Å². The molecule has 0 aliphatic carbocycles. The largest absolute Gasteiger partial charge is 0.416 e. The number of benzene rings is 2. The van der Waals surface area contributed by atoms with Gasteiger partial charge in [-0.2, -0.15) is 13.2 Å². The van der Waals surface area contributed by atoms with E-state index < -0.39 is 36.0 Å². The first kappa shape index (κ1) is 19.6. The molecular weight excluding hydrogens is 373 g/mol. The summed E-state index contributed by atoms with van der Waals surface area (Å²) in [6.07, 6.45) is -4.43. The van der Waals surface area contributed by atoms with Crippen LogP contribution in [0.15, 0.2) is 42.5 Å². The average molecular weight is 390 g/mol. The molecule has 0 radical (unpaired) electrons. The molecule has 1 aliphatic heterocycles. The van der Waals surface area contributed by atoms with Gasteiger partial charge in [0.05, 0.1) is 16.7 Å². The Bertz CT molecular complexity index is 952. The van der Waals surface area contributed by atoms with Gasteiger partial charge in [0.1, 0.15) is 6.54 Å². The van der Waals surface area contributed by atoms with E-state index in [1.807, 2.05) is 0 Å². The Balaban J connectivity index is 1.66. The van der Waals surface area contributed by atoms with E-state index in [-0.39, 0.29) is 17.7 Å². The molecule has 28 heavy (non-hydrogen) atoms. The first-order chi connectivity index (χ1) is 13.1. The third-order valence-corrected chi connectivity index (χ3v) is 4.55. The number of likely N-dealkylation sites (N-methyl/N-ethyl adjacent to an activating group) is 1. The van der Waals surface area contributed by atoms with Crippen molar-refractivity contribution in [2.24, 2.45) is 0 Å². The van der Waals surface area contributed by atoms with Gasteiger partial charge in [0.15, 0.2) is 0 Å². The fourth-order valence-corrected chi connectivity index (χ4v) is 2.97. The predicted molar refractivity (Wildman–Crippen MR) is 94.5 cm³/mol. The van der Waals surface area contributed by atoms with Crippen LogP contribution in [0.25, 0.3) is 0 Å². The maximum Gasteiger partial charge on any atom is 0.416 e. The smallest absolute Gasteiger partial charge is 0.340 e. The Morgan fingerprint density at radius 2 is 1.61 bits per heavy atom. The molecule has 1 heterocycles. The van der Waals surface area contributed by atoms with E-state index in [9.17, 15) is 27.6 Å². The van der Waals surface area contributed by atoms with Crippen LogP contribution in [-0.4, -0.2) is 41.1 Å². The maximum absolute atomic E-state index is 12.6. The van der Waals surface area contributed by atoms with Gasteiger partial charge in [-0.1, -0.05) is 23.8 Å². The molecular formula is C20H17F3N2O3. The summed E-state index contributed by atoms with van der Waals surface area (Å²) in [6.45, 7) is 1.42. The molecule has 0 saturated carbocycles. The molecule has 3 amide bonds. The molecule has 0 unspecified atom stereocenters. The number of carbonyl (C=O) groups excluding carboxylic acids is 3. The van der Waals surface area contributed by atoms with Crippen molar-refractivity contribution >= 4 is 17.7 Å². The predicted octanol–water partition coefficient (Wildman–Crippen LogP) is 3.27. The number of fused-ring (bicyclic) bond motifs is 1. The molecule has 2 aromatic carbocycles. The summed E-state index contributed by atoms with van der Waals surface area (Å²) in [7, 11) is 1.46. The highest BCUT2D eigenvalue weighted by atomic mass is 19.4. The molecule has 8 heteroatoms. The van der Waals surface area contributed by atoms with Gasteiger partial charge < -0.3 is 4.90 Å². The maximum atomic E-state index is 12.6. The molecule has 146 valence electrons. The minimum absolute atomic E-state index is 0.0548. The van der Waals surface area contributed by atoms with Gasteiger partial charge in [0.2, 0.25) is 5.91 Å². The second-order valence-electron chi connectivity index (χ2n) is 6.69. The standard InChI is InChI=1S/C20H17F3N2O3/c1-12-3-8-15-16(9-12)19(28)25(18(15)27)11-17(26)24(2)10-13-4-6-14(7-5-13)20(21,22)23/h3-9H,10-11H2,1-2H3. The summed E-state index contributed by atoms with van der Waals surface area (Å²) in [5.41, 5.74) is 1.08. The Morgan fingerprint density at radius 3 is 2.21 bits per heavy atom. The number of nitrogens with zero attached hydrogens (tertiary/aromatic N) is 2. The van der Waals surface area contributed by atoms with Crippen LogP contribution in [0.2, 0.25) is 0 Å². The quantitative estimate of drug-likeness (QED) is 0.753. The lowest BCUT2D eigenvalue weighted by Crippen LogP contribution is -2.40. The molecule has 1 aliphatic rings. The molecule has 0 N–H and O–H groups in total. The second-order valence-corrected chi connectivity index (χ2v) is 6.69. The molecule has 5 nitrogen and oxygen atoms in total.